The van der Waals surface area contributed by atoms with Crippen molar-refractivity contribution in [1.29, 1.82) is 0 Å². The fourth-order valence-electron chi connectivity index (χ4n) is 3.21. The molecule has 132 valence electrons. The number of pyridine rings is 1. The second kappa shape index (κ2) is 6.83. The Bertz CT molecular complexity index is 994. The molecule has 26 heavy (non-hydrogen) atoms. The van der Waals surface area contributed by atoms with Crippen molar-refractivity contribution in [2.45, 2.75) is 12.5 Å². The number of hydrogen-bond acceptors (Lipinski definition) is 4. The minimum absolute atomic E-state index is 0.336. The zero-order valence-electron chi connectivity index (χ0n) is 14.3. The Labute approximate surface area is 162 Å². The summed E-state index contributed by atoms with van der Waals surface area (Å²) in [5.74, 6) is 0. The first-order valence-corrected chi connectivity index (χ1v) is 9.13. The number of anilines is 2. The highest BCUT2D eigenvalue weighted by atomic mass is 35.5. The normalized spacial score (nSPS) is 20.0. The molecular weight excluding hydrogens is 366 g/mol. The van der Waals surface area contributed by atoms with E-state index < -0.39 is 0 Å². The fraction of sp³-hybridized carbons (Fsp3) is 0.200. The molecule has 0 amide bonds. The van der Waals surface area contributed by atoms with Crippen molar-refractivity contribution in [3.05, 3.63) is 65.3 Å². The predicted octanol–water partition coefficient (Wildman–Crippen LogP) is 4.79. The molecule has 4 nitrogen and oxygen atoms in total. The Kier molecular flexibility index (Phi) is 4.53. The summed E-state index contributed by atoms with van der Waals surface area (Å²) in [6, 6.07) is 16.2. The Hall–Kier alpha value is -2.21. The van der Waals surface area contributed by atoms with Crippen LogP contribution < -0.4 is 10.6 Å². The number of ether oxygens (including phenoxy) is 1. The first kappa shape index (κ1) is 17.2. The van der Waals surface area contributed by atoms with Gasteiger partial charge in [-0.05, 0) is 36.8 Å². The van der Waals surface area contributed by atoms with Gasteiger partial charge in [0.25, 0.3) is 0 Å². The molecule has 1 aliphatic heterocycles. The van der Waals surface area contributed by atoms with Crippen LogP contribution in [0.15, 0.2) is 54.7 Å². The molecule has 1 atom stereocenters. The van der Waals surface area contributed by atoms with E-state index in [0.29, 0.717) is 18.2 Å². The highest BCUT2D eigenvalue weighted by Crippen LogP contribution is 2.30. The number of nitrogens with zero attached hydrogens (tertiary/aromatic N) is 1. The third-order valence-electron chi connectivity index (χ3n) is 4.50. The Morgan fingerprint density at radius 2 is 2.08 bits per heavy atom. The van der Waals surface area contributed by atoms with Crippen LogP contribution in [-0.4, -0.2) is 23.2 Å². The van der Waals surface area contributed by atoms with Crippen molar-refractivity contribution < 1.29 is 4.74 Å². The van der Waals surface area contributed by atoms with Crippen molar-refractivity contribution in [2.24, 2.45) is 0 Å². The summed E-state index contributed by atoms with van der Waals surface area (Å²) in [4.78, 5) is 5.20. The summed E-state index contributed by atoms with van der Waals surface area (Å²) < 4.78 is 5.63. The van der Waals surface area contributed by atoms with E-state index in [1.807, 2.05) is 36.4 Å². The van der Waals surface area contributed by atoms with E-state index in [4.69, 9.17) is 28.6 Å². The number of halogens is 1. The van der Waals surface area contributed by atoms with Gasteiger partial charge < -0.3 is 15.4 Å². The summed E-state index contributed by atoms with van der Waals surface area (Å²) >= 11 is 11.3. The standard InChI is InChI=1S/C20H18ClN3OS/c1-20(12-25-11-18(26)24-20)14-5-3-6-16(9-14)23-17-7-2-4-13-8-15(21)10-22-19(13)17/h2-10,23H,11-12H2,1H3,(H,24,26)/t20-/m1/s1. The number of fused-ring (bicyclic) bond motifs is 1. The zero-order chi connectivity index (χ0) is 18.1. The van der Waals surface area contributed by atoms with Crippen molar-refractivity contribution in [3.63, 3.8) is 0 Å². The summed E-state index contributed by atoms with van der Waals surface area (Å²) in [7, 11) is 0. The van der Waals surface area contributed by atoms with Gasteiger partial charge in [-0.25, -0.2) is 0 Å². The second-order valence-corrected chi connectivity index (χ2v) is 7.54. The molecule has 0 aliphatic carbocycles. The average Bonchev–Trinajstić information content (AvgIpc) is 2.62. The lowest BCUT2D eigenvalue weighted by Crippen LogP contribution is -2.52. The summed E-state index contributed by atoms with van der Waals surface area (Å²) in [5, 5.41) is 8.48. The van der Waals surface area contributed by atoms with Gasteiger partial charge in [0.15, 0.2) is 0 Å². The number of nitrogens with one attached hydrogen (secondary N) is 2. The molecule has 1 aliphatic rings. The van der Waals surface area contributed by atoms with Crippen LogP contribution >= 0.6 is 23.8 Å². The molecule has 1 aromatic heterocycles. The molecule has 6 heteroatoms. The molecule has 1 saturated heterocycles. The summed E-state index contributed by atoms with van der Waals surface area (Å²) in [6.45, 7) is 3.15. The van der Waals surface area contributed by atoms with Crippen LogP contribution in [0.2, 0.25) is 5.02 Å². The van der Waals surface area contributed by atoms with Crippen LogP contribution in [0.3, 0.4) is 0 Å². The van der Waals surface area contributed by atoms with Gasteiger partial charge in [-0.1, -0.05) is 48.1 Å². The molecule has 0 spiro atoms. The molecule has 0 saturated carbocycles. The smallest absolute Gasteiger partial charge is 0.102 e. The first-order valence-electron chi connectivity index (χ1n) is 8.34. The third-order valence-corrected chi connectivity index (χ3v) is 4.92. The van der Waals surface area contributed by atoms with Gasteiger partial charge in [0, 0.05) is 17.3 Å². The van der Waals surface area contributed by atoms with Crippen molar-refractivity contribution in [1.82, 2.24) is 10.3 Å². The molecule has 3 aromatic rings. The molecule has 2 N–H and O–H groups in total. The number of rotatable bonds is 3. The van der Waals surface area contributed by atoms with Crippen LogP contribution in [0.5, 0.6) is 0 Å². The average molecular weight is 384 g/mol. The summed E-state index contributed by atoms with van der Waals surface area (Å²) in [5.41, 5.74) is 3.57. The number of hydrogen-bond donors (Lipinski definition) is 2. The Morgan fingerprint density at radius 1 is 1.23 bits per heavy atom. The highest BCUT2D eigenvalue weighted by molar-refractivity contribution is 7.80. The van der Waals surface area contributed by atoms with Crippen LogP contribution in [0, 0.1) is 0 Å². The van der Waals surface area contributed by atoms with Gasteiger partial charge in [0.1, 0.15) is 4.99 Å². The first-order chi connectivity index (χ1) is 12.5. The predicted molar refractivity (Wildman–Crippen MR) is 110 cm³/mol. The molecule has 0 bridgehead atoms. The van der Waals surface area contributed by atoms with E-state index in [-0.39, 0.29) is 5.54 Å². The maximum Gasteiger partial charge on any atom is 0.102 e. The van der Waals surface area contributed by atoms with E-state index >= 15 is 0 Å². The number of aromatic nitrogens is 1. The van der Waals surface area contributed by atoms with Gasteiger partial charge >= 0.3 is 0 Å². The number of morpholine rings is 1. The minimum Gasteiger partial charge on any atom is -0.372 e. The fourth-order valence-corrected chi connectivity index (χ4v) is 3.69. The van der Waals surface area contributed by atoms with E-state index in [1.165, 1.54) is 0 Å². The van der Waals surface area contributed by atoms with E-state index in [9.17, 15) is 0 Å². The van der Waals surface area contributed by atoms with E-state index in [1.54, 1.807) is 6.20 Å². The van der Waals surface area contributed by atoms with Gasteiger partial charge in [-0.2, -0.15) is 0 Å². The highest BCUT2D eigenvalue weighted by Gasteiger charge is 2.31. The lowest BCUT2D eigenvalue weighted by Gasteiger charge is -2.36. The van der Waals surface area contributed by atoms with Crippen LogP contribution in [0.1, 0.15) is 12.5 Å². The Balaban J connectivity index is 1.67. The van der Waals surface area contributed by atoms with Gasteiger partial charge in [0.2, 0.25) is 0 Å². The Morgan fingerprint density at radius 3 is 2.92 bits per heavy atom. The van der Waals surface area contributed by atoms with Crippen molar-refractivity contribution >= 4 is 51.1 Å². The quantitative estimate of drug-likeness (QED) is 0.636. The maximum atomic E-state index is 6.05. The molecule has 4 rings (SSSR count). The van der Waals surface area contributed by atoms with Crippen molar-refractivity contribution in [2.75, 3.05) is 18.5 Å². The van der Waals surface area contributed by atoms with Gasteiger partial charge in [0.05, 0.1) is 35.0 Å². The SMILES string of the molecule is C[C@]1(c2cccc(Nc3cccc4cc(Cl)cnc34)c2)COCC(=S)N1. The molecule has 1 fully saturated rings. The largest absolute Gasteiger partial charge is 0.372 e. The molecular formula is C20H18ClN3OS. The number of benzene rings is 2. The lowest BCUT2D eigenvalue weighted by atomic mass is 9.91. The lowest BCUT2D eigenvalue weighted by molar-refractivity contribution is 0.0876. The monoisotopic (exact) mass is 383 g/mol. The molecule has 2 aromatic carbocycles. The molecule has 0 unspecified atom stereocenters. The second-order valence-electron chi connectivity index (χ2n) is 6.61. The maximum absolute atomic E-state index is 6.05. The van der Waals surface area contributed by atoms with E-state index in [2.05, 4.69) is 34.7 Å². The van der Waals surface area contributed by atoms with E-state index in [0.717, 1.165) is 32.8 Å². The van der Waals surface area contributed by atoms with Crippen LogP contribution in [-0.2, 0) is 10.3 Å². The van der Waals surface area contributed by atoms with Crippen molar-refractivity contribution in [3.8, 4) is 0 Å². The zero-order valence-corrected chi connectivity index (χ0v) is 15.8. The number of para-hydroxylation sites is 1. The van der Waals surface area contributed by atoms with Gasteiger partial charge in [-0.3, -0.25) is 4.98 Å². The minimum atomic E-state index is -0.336. The van der Waals surface area contributed by atoms with Crippen LogP contribution in [0.4, 0.5) is 11.4 Å². The number of thiocarbonyl (C=S) groups is 1. The van der Waals surface area contributed by atoms with Gasteiger partial charge in [-0.15, -0.1) is 0 Å². The van der Waals surface area contributed by atoms with Crippen LogP contribution in [0.25, 0.3) is 10.9 Å². The molecule has 0 radical (unpaired) electrons. The topological polar surface area (TPSA) is 46.2 Å². The third kappa shape index (κ3) is 3.38. The summed E-state index contributed by atoms with van der Waals surface area (Å²) in [6.07, 6.45) is 1.66. The molecule has 2 heterocycles.